The summed E-state index contributed by atoms with van der Waals surface area (Å²) in [6, 6.07) is 8.35. The molecule has 31 heavy (non-hydrogen) atoms. The molecule has 1 amide bonds. The third-order valence-corrected chi connectivity index (χ3v) is 9.05. The van der Waals surface area contributed by atoms with Gasteiger partial charge in [-0.1, -0.05) is 31.5 Å². The van der Waals surface area contributed by atoms with Gasteiger partial charge >= 0.3 is 0 Å². The van der Waals surface area contributed by atoms with Crippen LogP contribution >= 0.6 is 22.9 Å². The fourth-order valence-corrected chi connectivity index (χ4v) is 6.79. The molecule has 0 spiro atoms. The second-order valence-electron chi connectivity index (χ2n) is 7.70. The van der Waals surface area contributed by atoms with Crippen LogP contribution < -0.4 is 5.32 Å². The molecule has 0 radical (unpaired) electrons. The number of amides is 1. The quantitative estimate of drug-likeness (QED) is 0.574. The van der Waals surface area contributed by atoms with Crippen LogP contribution in [0.15, 0.2) is 40.6 Å². The highest BCUT2D eigenvalue weighted by atomic mass is 35.5. The molecule has 0 bridgehead atoms. The van der Waals surface area contributed by atoms with Gasteiger partial charge in [0.05, 0.1) is 21.5 Å². The van der Waals surface area contributed by atoms with Crippen LogP contribution in [0.25, 0.3) is 0 Å². The second-order valence-corrected chi connectivity index (χ2v) is 11.0. The predicted molar refractivity (Wildman–Crippen MR) is 126 cm³/mol. The molecule has 1 aromatic carbocycles. The predicted octanol–water partition coefficient (Wildman–Crippen LogP) is 4.39. The Labute approximate surface area is 194 Å². The van der Waals surface area contributed by atoms with Gasteiger partial charge in [-0.2, -0.15) is 4.31 Å². The molecule has 1 aliphatic heterocycles. The zero-order valence-electron chi connectivity index (χ0n) is 18.2. The highest BCUT2D eigenvalue weighted by Crippen LogP contribution is 2.31. The van der Waals surface area contributed by atoms with E-state index in [-0.39, 0.29) is 33.5 Å². The van der Waals surface area contributed by atoms with Crippen molar-refractivity contribution in [1.29, 1.82) is 0 Å². The number of sulfonamides is 1. The Morgan fingerprint density at radius 1 is 1.23 bits per heavy atom. The van der Waals surface area contributed by atoms with E-state index in [0.29, 0.717) is 13.1 Å². The van der Waals surface area contributed by atoms with E-state index in [4.69, 9.17) is 11.6 Å². The van der Waals surface area contributed by atoms with Crippen molar-refractivity contribution in [3.63, 3.8) is 0 Å². The number of hydrogen-bond acceptors (Lipinski definition) is 5. The molecule has 9 heteroatoms. The largest absolute Gasteiger partial charge is 0.348 e. The molecule has 1 fully saturated rings. The first-order chi connectivity index (χ1) is 14.8. The maximum Gasteiger partial charge on any atom is 0.253 e. The van der Waals surface area contributed by atoms with Gasteiger partial charge in [-0.25, -0.2) is 8.42 Å². The lowest BCUT2D eigenvalue weighted by molar-refractivity contribution is 0.0908. The zero-order chi connectivity index (χ0) is 22.6. The SMILES string of the molecule is CCN(CC)S(=O)(=O)c1ccc(Cl)c(C(=O)N[C@@H](C)[C@H](c2cccs2)N2CCCC2)c1. The average molecular weight is 484 g/mol. The minimum absolute atomic E-state index is 0.0766. The molecular weight excluding hydrogens is 454 g/mol. The number of nitrogens with one attached hydrogen (secondary N) is 1. The van der Waals surface area contributed by atoms with Crippen LogP contribution in [0.5, 0.6) is 0 Å². The number of nitrogens with zero attached hydrogens (tertiary/aromatic N) is 2. The van der Waals surface area contributed by atoms with Crippen molar-refractivity contribution in [2.45, 2.75) is 50.6 Å². The highest BCUT2D eigenvalue weighted by Gasteiger charge is 2.31. The molecule has 1 saturated heterocycles. The van der Waals surface area contributed by atoms with Crippen molar-refractivity contribution in [2.75, 3.05) is 26.2 Å². The van der Waals surface area contributed by atoms with Gasteiger partial charge in [0, 0.05) is 24.0 Å². The van der Waals surface area contributed by atoms with E-state index in [1.54, 1.807) is 25.2 Å². The van der Waals surface area contributed by atoms with E-state index in [2.05, 4.69) is 16.3 Å². The number of carbonyl (C=O) groups is 1. The van der Waals surface area contributed by atoms with Crippen LogP contribution in [0, 0.1) is 0 Å². The van der Waals surface area contributed by atoms with E-state index >= 15 is 0 Å². The summed E-state index contributed by atoms with van der Waals surface area (Å²) >= 11 is 7.98. The molecule has 3 rings (SSSR count). The van der Waals surface area contributed by atoms with Crippen molar-refractivity contribution in [2.24, 2.45) is 0 Å². The van der Waals surface area contributed by atoms with Crippen LogP contribution in [0.3, 0.4) is 0 Å². The molecule has 170 valence electrons. The van der Waals surface area contributed by atoms with Gasteiger partial charge in [0.2, 0.25) is 10.0 Å². The summed E-state index contributed by atoms with van der Waals surface area (Å²) in [5, 5.41) is 5.35. The molecule has 1 aromatic heterocycles. The van der Waals surface area contributed by atoms with E-state index < -0.39 is 10.0 Å². The Kier molecular flexibility index (Phi) is 8.15. The second kappa shape index (κ2) is 10.4. The van der Waals surface area contributed by atoms with Gasteiger partial charge in [0.15, 0.2) is 0 Å². The highest BCUT2D eigenvalue weighted by molar-refractivity contribution is 7.89. The van der Waals surface area contributed by atoms with Crippen molar-refractivity contribution in [3.05, 3.63) is 51.2 Å². The maximum absolute atomic E-state index is 13.1. The van der Waals surface area contributed by atoms with Gasteiger partial charge < -0.3 is 5.32 Å². The van der Waals surface area contributed by atoms with Gasteiger partial charge in [-0.3, -0.25) is 9.69 Å². The molecule has 1 aliphatic rings. The molecular formula is C22H30ClN3O3S2. The molecule has 2 heterocycles. The maximum atomic E-state index is 13.1. The number of benzene rings is 1. The fourth-order valence-electron chi connectivity index (χ4n) is 4.14. The number of thiophene rings is 1. The topological polar surface area (TPSA) is 69.7 Å². The third-order valence-electron chi connectivity index (χ3n) is 5.73. The number of carbonyl (C=O) groups excluding carboxylic acids is 1. The monoisotopic (exact) mass is 483 g/mol. The van der Waals surface area contributed by atoms with E-state index in [1.807, 2.05) is 18.4 Å². The van der Waals surface area contributed by atoms with E-state index in [0.717, 1.165) is 25.9 Å². The summed E-state index contributed by atoms with van der Waals surface area (Å²) < 4.78 is 27.1. The average Bonchev–Trinajstić information content (AvgIpc) is 3.44. The van der Waals surface area contributed by atoms with Crippen LogP contribution in [-0.2, 0) is 10.0 Å². The Hall–Kier alpha value is -1.45. The number of halogens is 1. The van der Waals surface area contributed by atoms with Crippen molar-refractivity contribution >= 4 is 38.9 Å². The summed E-state index contributed by atoms with van der Waals surface area (Å²) in [5.41, 5.74) is 0.174. The Balaban J connectivity index is 1.85. The van der Waals surface area contributed by atoms with Crippen LogP contribution in [0.1, 0.15) is 54.9 Å². The minimum Gasteiger partial charge on any atom is -0.348 e. The number of likely N-dealkylation sites (tertiary alicyclic amines) is 1. The van der Waals surface area contributed by atoms with Crippen molar-refractivity contribution in [1.82, 2.24) is 14.5 Å². The Morgan fingerprint density at radius 2 is 1.90 bits per heavy atom. The number of rotatable bonds is 9. The zero-order valence-corrected chi connectivity index (χ0v) is 20.6. The van der Waals surface area contributed by atoms with E-state index in [1.165, 1.54) is 27.4 Å². The first kappa shape index (κ1) is 24.2. The summed E-state index contributed by atoms with van der Waals surface area (Å²) in [6.45, 7) is 8.29. The summed E-state index contributed by atoms with van der Waals surface area (Å²) in [7, 11) is -3.68. The van der Waals surface area contributed by atoms with Crippen LogP contribution in [0.4, 0.5) is 0 Å². The van der Waals surface area contributed by atoms with Gasteiger partial charge in [-0.05, 0) is 62.5 Å². The lowest BCUT2D eigenvalue weighted by atomic mass is 10.1. The van der Waals surface area contributed by atoms with Crippen molar-refractivity contribution < 1.29 is 13.2 Å². The first-order valence-electron chi connectivity index (χ1n) is 10.7. The molecule has 0 aliphatic carbocycles. The molecule has 0 saturated carbocycles. The number of hydrogen-bond donors (Lipinski definition) is 1. The molecule has 1 N–H and O–H groups in total. The van der Waals surface area contributed by atoms with Gasteiger partial charge in [0.25, 0.3) is 5.91 Å². The molecule has 0 unspecified atom stereocenters. The summed E-state index contributed by atoms with van der Waals surface area (Å²) in [4.78, 5) is 16.8. The minimum atomic E-state index is -3.68. The van der Waals surface area contributed by atoms with Crippen LogP contribution in [-0.4, -0.2) is 55.8 Å². The van der Waals surface area contributed by atoms with Crippen LogP contribution in [0.2, 0.25) is 5.02 Å². The Bertz CT molecular complexity index is 985. The molecule has 2 aromatic rings. The first-order valence-corrected chi connectivity index (χ1v) is 13.4. The fraction of sp³-hybridized carbons (Fsp3) is 0.500. The normalized spacial score (nSPS) is 17.1. The van der Waals surface area contributed by atoms with E-state index in [9.17, 15) is 13.2 Å². The lowest BCUT2D eigenvalue weighted by Gasteiger charge is -2.32. The standard InChI is InChI=1S/C22H30ClN3O3S2/c1-4-26(5-2)31(28,29)17-10-11-19(23)18(15-17)22(27)24-16(3)21(20-9-8-14-30-20)25-12-6-7-13-25/h8-11,14-16,21H,4-7,12-13H2,1-3H3,(H,24,27)/t16-,21+/m0/s1. The van der Waals surface area contributed by atoms with Crippen molar-refractivity contribution in [3.8, 4) is 0 Å². The smallest absolute Gasteiger partial charge is 0.253 e. The Morgan fingerprint density at radius 3 is 2.48 bits per heavy atom. The summed E-state index contributed by atoms with van der Waals surface area (Å²) in [5.74, 6) is -0.366. The third kappa shape index (κ3) is 5.31. The summed E-state index contributed by atoms with van der Waals surface area (Å²) in [6.07, 6.45) is 2.30. The van der Waals surface area contributed by atoms with Gasteiger partial charge in [0.1, 0.15) is 0 Å². The molecule has 2 atom stereocenters. The van der Waals surface area contributed by atoms with Gasteiger partial charge in [-0.15, -0.1) is 11.3 Å². The lowest BCUT2D eigenvalue weighted by Crippen LogP contribution is -2.43. The molecule has 6 nitrogen and oxygen atoms in total.